The number of Topliss-reactive ketones (excluding diaryl/α,β-unsaturated/α-hetero) is 1. The summed E-state index contributed by atoms with van der Waals surface area (Å²) >= 11 is 6.09. The Balaban J connectivity index is 5.71. The Bertz CT molecular complexity index is 453. The molecule has 0 amide bonds. The first kappa shape index (κ1) is 16.7. The van der Waals surface area contributed by atoms with Gasteiger partial charge in [0, 0.05) is 10.6 Å². The van der Waals surface area contributed by atoms with Crippen LogP contribution in [0.3, 0.4) is 0 Å². The second-order valence-corrected chi connectivity index (χ2v) is 5.03. The molecule has 0 saturated heterocycles. The maximum atomic E-state index is 11.5. The predicted octanol–water partition coefficient (Wildman–Crippen LogP) is 5.11. The van der Waals surface area contributed by atoms with Crippen LogP contribution in [0.25, 0.3) is 0 Å². The summed E-state index contributed by atoms with van der Waals surface area (Å²) in [4.78, 5) is 11.5. The normalized spacial score (nSPS) is 12.1. The van der Waals surface area contributed by atoms with Crippen molar-refractivity contribution in [3.63, 3.8) is 0 Å². The highest BCUT2D eigenvalue weighted by Crippen LogP contribution is 2.21. The smallest absolute Gasteiger partial charge is 0.160 e. The molecule has 0 atom stereocenters. The molecule has 0 aliphatic carbocycles. The SMILES string of the molecule is C=C(C)/C(Cl)=C\C(/C=C(\C(=C)C)C(C)=O)=C(C)C. The van der Waals surface area contributed by atoms with Gasteiger partial charge in [0.25, 0.3) is 0 Å². The molecule has 0 rings (SSSR count). The monoisotopic (exact) mass is 264 g/mol. The molecule has 0 aliphatic heterocycles. The van der Waals surface area contributed by atoms with Crippen LogP contribution < -0.4 is 0 Å². The molecule has 0 spiro atoms. The third kappa shape index (κ3) is 5.33. The molecule has 0 unspecified atom stereocenters. The number of hydrogen-bond donors (Lipinski definition) is 0. The predicted molar refractivity (Wildman–Crippen MR) is 80.7 cm³/mol. The Kier molecular flexibility index (Phi) is 6.64. The van der Waals surface area contributed by atoms with Crippen molar-refractivity contribution in [2.75, 3.05) is 0 Å². The molecule has 18 heavy (non-hydrogen) atoms. The fourth-order valence-corrected chi connectivity index (χ4v) is 1.39. The molecular weight excluding hydrogens is 244 g/mol. The summed E-state index contributed by atoms with van der Waals surface area (Å²) in [6.45, 7) is 16.8. The molecular formula is C16H21ClO. The van der Waals surface area contributed by atoms with Crippen LogP contribution in [0.15, 0.2) is 58.2 Å². The minimum absolute atomic E-state index is 0.00102. The second-order valence-electron chi connectivity index (χ2n) is 4.62. The summed E-state index contributed by atoms with van der Waals surface area (Å²) in [7, 11) is 0. The highest BCUT2D eigenvalue weighted by molar-refractivity contribution is 6.32. The number of halogens is 1. The summed E-state index contributed by atoms with van der Waals surface area (Å²) < 4.78 is 0. The largest absolute Gasteiger partial charge is 0.295 e. The Morgan fingerprint density at radius 3 is 1.72 bits per heavy atom. The standard InChI is InChI=1S/C16H21ClO/c1-10(2)14(9-16(17)12(5)6)8-15(11(3)4)13(7)18/h8-9H,3,5H2,1-2,4,6-7H3/b15-8+,16-9+. The van der Waals surface area contributed by atoms with E-state index < -0.39 is 0 Å². The van der Waals surface area contributed by atoms with E-state index in [0.717, 1.165) is 22.3 Å². The van der Waals surface area contributed by atoms with E-state index in [-0.39, 0.29) is 5.78 Å². The number of carbonyl (C=O) groups is 1. The van der Waals surface area contributed by atoms with E-state index >= 15 is 0 Å². The van der Waals surface area contributed by atoms with Crippen LogP contribution in [-0.2, 0) is 4.79 Å². The fraction of sp³-hybridized carbons (Fsp3) is 0.312. The summed E-state index contributed by atoms with van der Waals surface area (Å²) in [5, 5.41) is 0.590. The van der Waals surface area contributed by atoms with Crippen molar-refractivity contribution < 1.29 is 4.79 Å². The van der Waals surface area contributed by atoms with E-state index in [4.69, 9.17) is 11.6 Å². The van der Waals surface area contributed by atoms with Gasteiger partial charge in [-0.25, -0.2) is 0 Å². The van der Waals surface area contributed by atoms with Crippen molar-refractivity contribution >= 4 is 17.4 Å². The van der Waals surface area contributed by atoms with E-state index in [1.54, 1.807) is 0 Å². The average Bonchev–Trinajstić information content (AvgIpc) is 2.21. The first-order chi connectivity index (χ1) is 8.16. The zero-order valence-corrected chi connectivity index (χ0v) is 12.6. The summed E-state index contributed by atoms with van der Waals surface area (Å²) in [5.41, 5.74) is 4.16. The lowest BCUT2D eigenvalue weighted by atomic mass is 9.99. The Morgan fingerprint density at radius 2 is 1.44 bits per heavy atom. The summed E-state index contributed by atoms with van der Waals surface area (Å²) in [6.07, 6.45) is 3.65. The molecule has 0 aliphatic rings. The van der Waals surface area contributed by atoms with Gasteiger partial charge in [0.2, 0.25) is 0 Å². The van der Waals surface area contributed by atoms with Crippen LogP contribution in [0.1, 0.15) is 34.6 Å². The number of carbonyl (C=O) groups excluding carboxylic acids is 1. The maximum absolute atomic E-state index is 11.5. The molecule has 0 fully saturated rings. The zero-order chi connectivity index (χ0) is 14.5. The topological polar surface area (TPSA) is 17.1 Å². The molecule has 0 radical (unpaired) electrons. The van der Waals surface area contributed by atoms with Crippen molar-refractivity contribution in [3.8, 4) is 0 Å². The van der Waals surface area contributed by atoms with Gasteiger partial charge in [-0.15, -0.1) is 0 Å². The Morgan fingerprint density at radius 1 is 0.944 bits per heavy atom. The van der Waals surface area contributed by atoms with Crippen molar-refractivity contribution in [1.29, 1.82) is 0 Å². The molecule has 0 bridgehead atoms. The third-order valence-corrected chi connectivity index (χ3v) is 2.84. The van der Waals surface area contributed by atoms with E-state index in [2.05, 4.69) is 13.2 Å². The molecule has 1 nitrogen and oxygen atoms in total. The summed E-state index contributed by atoms with van der Waals surface area (Å²) in [5.74, 6) is 0.00102. The van der Waals surface area contributed by atoms with Gasteiger partial charge < -0.3 is 0 Å². The molecule has 0 aromatic carbocycles. The number of rotatable bonds is 5. The van der Waals surface area contributed by atoms with Crippen LogP contribution in [0.5, 0.6) is 0 Å². The molecule has 0 saturated carbocycles. The van der Waals surface area contributed by atoms with Crippen molar-refractivity contribution in [1.82, 2.24) is 0 Å². The minimum atomic E-state index is 0.00102. The van der Waals surface area contributed by atoms with E-state index in [1.807, 2.05) is 39.8 Å². The van der Waals surface area contributed by atoms with Crippen molar-refractivity contribution in [3.05, 3.63) is 58.2 Å². The van der Waals surface area contributed by atoms with Crippen molar-refractivity contribution in [2.45, 2.75) is 34.6 Å². The molecule has 2 heteroatoms. The number of ketones is 1. The van der Waals surface area contributed by atoms with Gasteiger partial charge in [-0.3, -0.25) is 4.79 Å². The number of allylic oxidation sites excluding steroid dienone is 8. The third-order valence-electron chi connectivity index (χ3n) is 2.41. The lowest BCUT2D eigenvalue weighted by Crippen LogP contribution is -1.98. The summed E-state index contributed by atoms with van der Waals surface area (Å²) in [6, 6.07) is 0. The molecule has 0 aromatic heterocycles. The van der Waals surface area contributed by atoms with Crippen LogP contribution in [-0.4, -0.2) is 5.78 Å². The quantitative estimate of drug-likeness (QED) is 0.498. The fourth-order valence-electron chi connectivity index (χ4n) is 1.27. The Labute approximate surface area is 115 Å². The number of hydrogen-bond acceptors (Lipinski definition) is 1. The molecule has 0 heterocycles. The van der Waals surface area contributed by atoms with E-state index in [1.165, 1.54) is 6.92 Å². The molecule has 0 aromatic rings. The first-order valence-corrected chi connectivity index (χ1v) is 6.13. The van der Waals surface area contributed by atoms with Gasteiger partial charge in [-0.2, -0.15) is 0 Å². The van der Waals surface area contributed by atoms with Crippen LogP contribution in [0.2, 0.25) is 0 Å². The Hall–Kier alpha value is -1.34. The van der Waals surface area contributed by atoms with Gasteiger partial charge in [0.1, 0.15) is 0 Å². The molecule has 0 N–H and O–H groups in total. The van der Waals surface area contributed by atoms with Crippen LogP contribution in [0.4, 0.5) is 0 Å². The molecule has 98 valence electrons. The van der Waals surface area contributed by atoms with Crippen molar-refractivity contribution in [2.24, 2.45) is 0 Å². The van der Waals surface area contributed by atoms with E-state index in [0.29, 0.717) is 10.6 Å². The minimum Gasteiger partial charge on any atom is -0.295 e. The average molecular weight is 265 g/mol. The highest BCUT2D eigenvalue weighted by Gasteiger charge is 2.06. The first-order valence-electron chi connectivity index (χ1n) is 5.75. The zero-order valence-electron chi connectivity index (χ0n) is 11.9. The lowest BCUT2D eigenvalue weighted by Gasteiger charge is -2.06. The van der Waals surface area contributed by atoms with Gasteiger partial charge in [0.05, 0.1) is 0 Å². The maximum Gasteiger partial charge on any atom is 0.160 e. The lowest BCUT2D eigenvalue weighted by molar-refractivity contribution is -0.113. The second kappa shape index (κ2) is 7.17. The van der Waals surface area contributed by atoms with Crippen LogP contribution in [0, 0.1) is 0 Å². The van der Waals surface area contributed by atoms with Gasteiger partial charge in [-0.1, -0.05) is 30.3 Å². The van der Waals surface area contributed by atoms with Gasteiger partial charge in [-0.05, 0) is 63.5 Å². The van der Waals surface area contributed by atoms with Gasteiger partial charge in [0.15, 0.2) is 5.78 Å². The van der Waals surface area contributed by atoms with E-state index in [9.17, 15) is 4.79 Å². The van der Waals surface area contributed by atoms with Crippen LogP contribution >= 0.6 is 11.6 Å². The highest BCUT2D eigenvalue weighted by atomic mass is 35.5. The van der Waals surface area contributed by atoms with Gasteiger partial charge >= 0.3 is 0 Å².